The van der Waals surface area contributed by atoms with Gasteiger partial charge in [0.25, 0.3) is 0 Å². The molecule has 0 spiro atoms. The zero-order valence-electron chi connectivity index (χ0n) is 8.89. The number of nitrogens with two attached hydrogens (primary N) is 2. The average Bonchev–Trinajstić information content (AvgIpc) is 2.76. The lowest BCUT2D eigenvalue weighted by atomic mass is 10.1. The highest BCUT2D eigenvalue weighted by Crippen LogP contribution is 2.25. The van der Waals surface area contributed by atoms with E-state index in [1.54, 1.807) is 6.08 Å². The van der Waals surface area contributed by atoms with Gasteiger partial charge >= 0.3 is 0 Å². The molecular formula is C13H14N2O. The van der Waals surface area contributed by atoms with Crippen molar-refractivity contribution in [3.8, 4) is 0 Å². The number of nitrogen functional groups attached to an aromatic ring is 1. The lowest BCUT2D eigenvalue weighted by Crippen LogP contribution is -1.88. The number of rotatable bonds is 2. The van der Waals surface area contributed by atoms with Crippen LogP contribution < -0.4 is 11.5 Å². The van der Waals surface area contributed by atoms with E-state index in [0.29, 0.717) is 6.61 Å². The Bertz CT molecular complexity index is 455. The van der Waals surface area contributed by atoms with Crippen LogP contribution in [0.3, 0.4) is 0 Å². The van der Waals surface area contributed by atoms with Crippen LogP contribution in [0.5, 0.6) is 0 Å². The number of hydrogen-bond acceptors (Lipinski definition) is 3. The van der Waals surface area contributed by atoms with Crippen LogP contribution in [0.2, 0.25) is 0 Å². The fourth-order valence-electron chi connectivity index (χ4n) is 1.50. The fraction of sp³-hybridized carbons (Fsp3) is 0.0769. The molecule has 0 aromatic heterocycles. The molecule has 16 heavy (non-hydrogen) atoms. The van der Waals surface area contributed by atoms with Crippen molar-refractivity contribution in [3.05, 3.63) is 59.8 Å². The Balaban J connectivity index is 2.21. The molecule has 0 amide bonds. The van der Waals surface area contributed by atoms with Crippen LogP contribution in [0, 0.1) is 0 Å². The van der Waals surface area contributed by atoms with E-state index in [2.05, 4.69) is 0 Å². The van der Waals surface area contributed by atoms with Gasteiger partial charge in [-0.2, -0.15) is 0 Å². The van der Waals surface area contributed by atoms with Crippen molar-refractivity contribution < 1.29 is 4.74 Å². The van der Waals surface area contributed by atoms with Crippen molar-refractivity contribution in [2.24, 2.45) is 5.73 Å². The molecule has 0 saturated carbocycles. The first-order valence-corrected chi connectivity index (χ1v) is 5.07. The summed E-state index contributed by atoms with van der Waals surface area (Å²) < 4.78 is 5.57. The lowest BCUT2D eigenvalue weighted by molar-refractivity contribution is 0.329. The Morgan fingerprint density at radius 2 is 1.94 bits per heavy atom. The zero-order valence-corrected chi connectivity index (χ0v) is 8.89. The number of hydrogen-bond donors (Lipinski definition) is 2. The minimum absolute atomic E-state index is 0.587. The van der Waals surface area contributed by atoms with Crippen molar-refractivity contribution in [3.63, 3.8) is 0 Å². The molecule has 0 unspecified atom stereocenters. The highest BCUT2D eigenvalue weighted by atomic mass is 16.5. The van der Waals surface area contributed by atoms with Crippen LogP contribution in [-0.4, -0.2) is 6.61 Å². The van der Waals surface area contributed by atoms with Gasteiger partial charge < -0.3 is 16.2 Å². The molecule has 0 aliphatic carbocycles. The summed E-state index contributed by atoms with van der Waals surface area (Å²) in [5.74, 6) is 0.872. The number of allylic oxidation sites excluding steroid dienone is 2. The van der Waals surface area contributed by atoms with E-state index >= 15 is 0 Å². The molecule has 3 nitrogen and oxygen atoms in total. The second-order valence-corrected chi connectivity index (χ2v) is 3.55. The first-order valence-electron chi connectivity index (χ1n) is 5.07. The summed E-state index contributed by atoms with van der Waals surface area (Å²) in [4.78, 5) is 0. The van der Waals surface area contributed by atoms with Gasteiger partial charge in [0, 0.05) is 11.3 Å². The molecule has 0 radical (unpaired) electrons. The molecular weight excluding hydrogens is 200 g/mol. The zero-order chi connectivity index (χ0) is 11.4. The minimum atomic E-state index is 0.587. The third kappa shape index (κ3) is 2.25. The molecule has 1 aromatic carbocycles. The second kappa shape index (κ2) is 4.57. The maximum absolute atomic E-state index is 5.62. The van der Waals surface area contributed by atoms with E-state index in [-0.39, 0.29) is 0 Å². The normalized spacial score (nSPS) is 17.8. The quantitative estimate of drug-likeness (QED) is 0.740. The summed E-state index contributed by atoms with van der Waals surface area (Å²) in [5.41, 5.74) is 13.8. The van der Waals surface area contributed by atoms with Crippen LogP contribution in [0.4, 0.5) is 5.69 Å². The van der Waals surface area contributed by atoms with E-state index in [0.717, 1.165) is 22.6 Å². The Hall–Kier alpha value is -2.16. The fourth-order valence-corrected chi connectivity index (χ4v) is 1.50. The van der Waals surface area contributed by atoms with Crippen LogP contribution in [0.15, 0.2) is 54.3 Å². The topological polar surface area (TPSA) is 61.3 Å². The summed E-state index contributed by atoms with van der Waals surface area (Å²) in [6.07, 6.45) is 7.24. The van der Waals surface area contributed by atoms with Gasteiger partial charge in [0.15, 0.2) is 0 Å². The molecule has 1 aliphatic rings. The van der Waals surface area contributed by atoms with Gasteiger partial charge in [-0.15, -0.1) is 0 Å². The summed E-state index contributed by atoms with van der Waals surface area (Å²) >= 11 is 0. The van der Waals surface area contributed by atoms with Gasteiger partial charge in [-0.3, -0.25) is 0 Å². The van der Waals surface area contributed by atoms with Gasteiger partial charge in [-0.1, -0.05) is 6.08 Å². The van der Waals surface area contributed by atoms with Gasteiger partial charge in [0.2, 0.25) is 0 Å². The average molecular weight is 214 g/mol. The van der Waals surface area contributed by atoms with Crippen molar-refractivity contribution in [2.45, 2.75) is 0 Å². The molecule has 1 heterocycles. The Morgan fingerprint density at radius 1 is 1.19 bits per heavy atom. The number of benzene rings is 1. The third-order valence-electron chi connectivity index (χ3n) is 2.33. The van der Waals surface area contributed by atoms with Crippen LogP contribution in [0.25, 0.3) is 5.76 Å². The highest BCUT2D eigenvalue weighted by molar-refractivity contribution is 5.67. The predicted molar refractivity (Wildman–Crippen MR) is 66.2 cm³/mol. The lowest BCUT2D eigenvalue weighted by Gasteiger charge is -2.02. The number of ether oxygens (including phenoxy) is 1. The first-order chi connectivity index (χ1) is 7.79. The van der Waals surface area contributed by atoms with E-state index in [1.165, 1.54) is 6.20 Å². The minimum Gasteiger partial charge on any atom is -0.488 e. The summed E-state index contributed by atoms with van der Waals surface area (Å²) in [6.45, 7) is 0.587. The Morgan fingerprint density at radius 3 is 2.62 bits per heavy atom. The Labute approximate surface area is 94.7 Å². The van der Waals surface area contributed by atoms with E-state index in [4.69, 9.17) is 16.2 Å². The summed E-state index contributed by atoms with van der Waals surface area (Å²) in [5, 5.41) is 0. The predicted octanol–water partition coefficient (Wildman–Crippen LogP) is 2.04. The maximum Gasteiger partial charge on any atom is 0.127 e. The molecule has 1 aliphatic heterocycles. The molecule has 4 N–H and O–H groups in total. The second-order valence-electron chi connectivity index (χ2n) is 3.55. The van der Waals surface area contributed by atoms with E-state index < -0.39 is 0 Å². The van der Waals surface area contributed by atoms with Gasteiger partial charge in [0.05, 0.1) is 0 Å². The van der Waals surface area contributed by atoms with Crippen LogP contribution in [-0.2, 0) is 4.74 Å². The molecule has 1 aromatic rings. The SMILES string of the molecule is N/C=C\C=C1\C=C(c2ccc(N)cc2)OC1. The standard InChI is InChI=1S/C13H14N2O/c14-7-1-2-10-8-13(16-9-10)11-3-5-12(15)6-4-11/h1-8H,9,14-15H2/b7-1-,10-2-. The molecule has 0 saturated heterocycles. The molecule has 0 bridgehead atoms. The van der Waals surface area contributed by atoms with Crippen LogP contribution in [0.1, 0.15) is 5.56 Å². The molecule has 82 valence electrons. The molecule has 3 heteroatoms. The first kappa shape index (κ1) is 10.4. The maximum atomic E-state index is 5.62. The number of anilines is 1. The Kier molecular flexibility index (Phi) is 2.96. The largest absolute Gasteiger partial charge is 0.488 e. The van der Waals surface area contributed by atoms with Crippen molar-refractivity contribution in [1.29, 1.82) is 0 Å². The van der Waals surface area contributed by atoms with Crippen molar-refractivity contribution >= 4 is 11.4 Å². The molecule has 0 fully saturated rings. The molecule has 2 rings (SSSR count). The summed E-state index contributed by atoms with van der Waals surface area (Å²) in [6, 6.07) is 7.62. The third-order valence-corrected chi connectivity index (χ3v) is 2.33. The smallest absolute Gasteiger partial charge is 0.127 e. The van der Waals surface area contributed by atoms with E-state index in [9.17, 15) is 0 Å². The molecule has 0 atom stereocenters. The summed E-state index contributed by atoms with van der Waals surface area (Å²) in [7, 11) is 0. The van der Waals surface area contributed by atoms with Crippen molar-refractivity contribution in [2.75, 3.05) is 12.3 Å². The van der Waals surface area contributed by atoms with Crippen LogP contribution >= 0.6 is 0 Å². The highest BCUT2D eigenvalue weighted by Gasteiger charge is 2.11. The monoisotopic (exact) mass is 214 g/mol. The van der Waals surface area contributed by atoms with Crippen molar-refractivity contribution in [1.82, 2.24) is 0 Å². The van der Waals surface area contributed by atoms with Gasteiger partial charge in [-0.25, -0.2) is 0 Å². The van der Waals surface area contributed by atoms with Gasteiger partial charge in [0.1, 0.15) is 12.4 Å². The van der Waals surface area contributed by atoms with Gasteiger partial charge in [-0.05, 0) is 48.2 Å². The van der Waals surface area contributed by atoms with E-state index in [1.807, 2.05) is 36.4 Å².